The van der Waals surface area contributed by atoms with Crippen LogP contribution in [0.25, 0.3) is 60.7 Å². The number of rotatable bonds is 2. The first-order chi connectivity index (χ1) is 16.7. The molecule has 162 valence electrons. The summed E-state index contributed by atoms with van der Waals surface area (Å²) in [4.78, 5) is 4.76. The molecule has 3 aromatic heterocycles. The fourth-order valence-corrected chi connectivity index (χ4v) is 5.15. The molecule has 0 saturated carbocycles. The standard InChI is InChI=1S/C31H22N2O/c1-19-17-25(32-18-20(19)2)23-15-16-28(30-24-11-5-8-14-29(24)34-31(23)30)33-26-12-6-3-9-21(26)22-10-4-7-13-27(22)33/h3-18H,1-2H3. The van der Waals surface area contributed by atoms with Gasteiger partial charge in [0.1, 0.15) is 11.2 Å². The second-order valence-electron chi connectivity index (χ2n) is 8.96. The highest BCUT2D eigenvalue weighted by Gasteiger charge is 2.20. The van der Waals surface area contributed by atoms with E-state index in [1.54, 1.807) is 0 Å². The Morgan fingerprint density at radius 3 is 2.03 bits per heavy atom. The summed E-state index contributed by atoms with van der Waals surface area (Å²) in [5.41, 5.74) is 9.60. The van der Waals surface area contributed by atoms with Crippen molar-refractivity contribution >= 4 is 43.7 Å². The van der Waals surface area contributed by atoms with E-state index < -0.39 is 0 Å². The number of pyridine rings is 1. The minimum atomic E-state index is 0.872. The molecule has 4 aromatic carbocycles. The van der Waals surface area contributed by atoms with Crippen molar-refractivity contribution in [1.29, 1.82) is 0 Å². The normalized spacial score (nSPS) is 11.8. The van der Waals surface area contributed by atoms with Crippen molar-refractivity contribution in [2.45, 2.75) is 13.8 Å². The number of nitrogens with zero attached hydrogens (tertiary/aromatic N) is 2. The quantitative estimate of drug-likeness (QED) is 0.271. The summed E-state index contributed by atoms with van der Waals surface area (Å²) in [7, 11) is 0. The van der Waals surface area contributed by atoms with E-state index in [4.69, 9.17) is 9.40 Å². The summed E-state index contributed by atoms with van der Waals surface area (Å²) in [6.45, 7) is 4.22. The Kier molecular flexibility index (Phi) is 3.97. The van der Waals surface area contributed by atoms with Crippen LogP contribution in [0.5, 0.6) is 0 Å². The largest absolute Gasteiger partial charge is 0.455 e. The SMILES string of the molecule is Cc1cnc(-c2ccc(-n3c4ccccc4c4ccccc43)c3c2oc2ccccc23)cc1C. The Hall–Kier alpha value is -4.37. The van der Waals surface area contributed by atoms with Crippen LogP contribution in [0.2, 0.25) is 0 Å². The topological polar surface area (TPSA) is 31.0 Å². The molecule has 3 heterocycles. The van der Waals surface area contributed by atoms with Crippen molar-refractivity contribution in [3.63, 3.8) is 0 Å². The van der Waals surface area contributed by atoms with Crippen LogP contribution in [-0.2, 0) is 0 Å². The van der Waals surface area contributed by atoms with Gasteiger partial charge in [-0.15, -0.1) is 0 Å². The third kappa shape index (κ3) is 2.61. The van der Waals surface area contributed by atoms with Gasteiger partial charge in [-0.2, -0.15) is 0 Å². The molecule has 7 aromatic rings. The van der Waals surface area contributed by atoms with Gasteiger partial charge in [0.2, 0.25) is 0 Å². The molecule has 0 aliphatic rings. The highest BCUT2D eigenvalue weighted by atomic mass is 16.3. The molecule has 0 aliphatic heterocycles. The molecule has 0 spiro atoms. The molecule has 34 heavy (non-hydrogen) atoms. The second kappa shape index (κ2) is 7.06. The third-order valence-electron chi connectivity index (χ3n) is 6.97. The molecule has 0 radical (unpaired) electrons. The lowest BCUT2D eigenvalue weighted by molar-refractivity contribution is 0.669. The van der Waals surface area contributed by atoms with E-state index in [0.29, 0.717) is 0 Å². The van der Waals surface area contributed by atoms with Gasteiger partial charge in [0.25, 0.3) is 0 Å². The molecule has 0 fully saturated rings. The molecular weight excluding hydrogens is 416 g/mol. The van der Waals surface area contributed by atoms with E-state index >= 15 is 0 Å². The van der Waals surface area contributed by atoms with Crippen molar-refractivity contribution in [1.82, 2.24) is 9.55 Å². The van der Waals surface area contributed by atoms with Crippen LogP contribution in [0.4, 0.5) is 0 Å². The van der Waals surface area contributed by atoms with Crippen molar-refractivity contribution in [2.75, 3.05) is 0 Å². The first-order valence-corrected chi connectivity index (χ1v) is 11.6. The number of hydrogen-bond donors (Lipinski definition) is 0. The Morgan fingerprint density at radius 2 is 1.32 bits per heavy atom. The van der Waals surface area contributed by atoms with Gasteiger partial charge in [-0.1, -0.05) is 54.6 Å². The molecule has 0 aliphatic carbocycles. The zero-order valence-electron chi connectivity index (χ0n) is 19.0. The fraction of sp³-hybridized carbons (Fsp3) is 0.0645. The van der Waals surface area contributed by atoms with Crippen LogP contribution in [0, 0.1) is 13.8 Å². The Bertz CT molecular complexity index is 1830. The zero-order valence-corrected chi connectivity index (χ0v) is 19.0. The maximum atomic E-state index is 6.52. The van der Waals surface area contributed by atoms with Crippen LogP contribution in [0.3, 0.4) is 0 Å². The van der Waals surface area contributed by atoms with Crippen molar-refractivity contribution in [3.8, 4) is 16.9 Å². The number of benzene rings is 4. The number of para-hydroxylation sites is 3. The van der Waals surface area contributed by atoms with Crippen LogP contribution < -0.4 is 0 Å². The van der Waals surface area contributed by atoms with Crippen LogP contribution in [0.1, 0.15) is 11.1 Å². The van der Waals surface area contributed by atoms with Crippen molar-refractivity contribution in [3.05, 3.63) is 108 Å². The third-order valence-corrected chi connectivity index (χ3v) is 6.97. The first kappa shape index (κ1) is 19.1. The van der Waals surface area contributed by atoms with Crippen molar-refractivity contribution < 1.29 is 4.42 Å². The van der Waals surface area contributed by atoms with Gasteiger partial charge in [-0.05, 0) is 61.4 Å². The smallest absolute Gasteiger partial charge is 0.146 e. The molecule has 0 saturated heterocycles. The van der Waals surface area contributed by atoms with E-state index in [2.05, 4.69) is 97.3 Å². The van der Waals surface area contributed by atoms with Crippen LogP contribution >= 0.6 is 0 Å². The summed E-state index contributed by atoms with van der Waals surface area (Å²) in [5, 5.41) is 4.72. The predicted octanol–water partition coefficient (Wildman–Crippen LogP) is 8.36. The van der Waals surface area contributed by atoms with Gasteiger partial charge in [0, 0.05) is 27.9 Å². The monoisotopic (exact) mass is 438 g/mol. The number of aryl methyl sites for hydroxylation is 2. The van der Waals surface area contributed by atoms with Crippen molar-refractivity contribution in [2.24, 2.45) is 0 Å². The summed E-state index contributed by atoms with van der Waals surface area (Å²) in [5.74, 6) is 0. The zero-order chi connectivity index (χ0) is 22.8. The lowest BCUT2D eigenvalue weighted by Crippen LogP contribution is -1.96. The number of aromatic nitrogens is 2. The lowest BCUT2D eigenvalue weighted by Gasteiger charge is -2.12. The maximum absolute atomic E-state index is 6.52. The van der Waals surface area contributed by atoms with E-state index in [0.717, 1.165) is 38.9 Å². The molecule has 0 bridgehead atoms. The van der Waals surface area contributed by atoms with Gasteiger partial charge < -0.3 is 8.98 Å². The summed E-state index contributed by atoms with van der Waals surface area (Å²) in [6, 6.07) is 32.0. The molecular formula is C31H22N2O. The fourth-order valence-electron chi connectivity index (χ4n) is 5.15. The van der Waals surface area contributed by atoms with Crippen LogP contribution in [-0.4, -0.2) is 9.55 Å². The number of hydrogen-bond acceptors (Lipinski definition) is 2. The summed E-state index contributed by atoms with van der Waals surface area (Å²) in [6.07, 6.45) is 1.94. The van der Waals surface area contributed by atoms with E-state index in [1.807, 2.05) is 18.3 Å². The van der Waals surface area contributed by atoms with Crippen LogP contribution in [0.15, 0.2) is 102 Å². The van der Waals surface area contributed by atoms with Gasteiger partial charge in [0.15, 0.2) is 0 Å². The molecule has 7 rings (SSSR count). The van der Waals surface area contributed by atoms with E-state index in [9.17, 15) is 0 Å². The molecule has 3 nitrogen and oxygen atoms in total. The molecule has 3 heteroatoms. The number of furan rings is 1. The number of fused-ring (bicyclic) bond motifs is 6. The second-order valence-corrected chi connectivity index (χ2v) is 8.96. The average Bonchev–Trinajstić information content (AvgIpc) is 3.42. The Balaban J connectivity index is 1.65. The molecule has 0 atom stereocenters. The lowest BCUT2D eigenvalue weighted by atomic mass is 10.0. The maximum Gasteiger partial charge on any atom is 0.146 e. The summed E-state index contributed by atoms with van der Waals surface area (Å²) < 4.78 is 8.89. The summed E-state index contributed by atoms with van der Waals surface area (Å²) >= 11 is 0. The highest BCUT2D eigenvalue weighted by molar-refractivity contribution is 6.16. The molecule has 0 amide bonds. The predicted molar refractivity (Wildman–Crippen MR) is 141 cm³/mol. The minimum Gasteiger partial charge on any atom is -0.455 e. The first-order valence-electron chi connectivity index (χ1n) is 11.6. The molecule has 0 N–H and O–H groups in total. The van der Waals surface area contributed by atoms with E-state index in [-0.39, 0.29) is 0 Å². The van der Waals surface area contributed by atoms with Gasteiger partial charge in [-0.3, -0.25) is 4.98 Å². The Morgan fingerprint density at radius 1 is 0.676 bits per heavy atom. The highest BCUT2D eigenvalue weighted by Crippen LogP contribution is 2.42. The van der Waals surface area contributed by atoms with E-state index in [1.165, 1.54) is 32.9 Å². The minimum absolute atomic E-state index is 0.872. The average molecular weight is 439 g/mol. The van der Waals surface area contributed by atoms with Gasteiger partial charge in [-0.25, -0.2) is 0 Å². The Labute approximate surface area is 196 Å². The van der Waals surface area contributed by atoms with Gasteiger partial charge >= 0.3 is 0 Å². The van der Waals surface area contributed by atoms with Gasteiger partial charge in [0.05, 0.1) is 27.8 Å². The molecule has 0 unspecified atom stereocenters.